The number of benzene rings is 1. The quantitative estimate of drug-likeness (QED) is 0.777. The Balaban J connectivity index is 1.92. The van der Waals surface area contributed by atoms with Gasteiger partial charge in [0.1, 0.15) is 0 Å². The van der Waals surface area contributed by atoms with E-state index in [9.17, 15) is 9.59 Å². The van der Waals surface area contributed by atoms with Crippen LogP contribution in [0.2, 0.25) is 0 Å². The lowest BCUT2D eigenvalue weighted by atomic mass is 9.64. The lowest BCUT2D eigenvalue weighted by molar-refractivity contribution is -0.152. The van der Waals surface area contributed by atoms with Crippen LogP contribution in [0, 0.1) is 16.7 Å². The van der Waals surface area contributed by atoms with Crippen LogP contribution in [0.15, 0.2) is 30.3 Å². The molecule has 0 unspecified atom stereocenters. The van der Waals surface area contributed by atoms with Crippen LogP contribution in [0.4, 0.5) is 0 Å². The molecule has 1 aromatic carbocycles. The predicted molar refractivity (Wildman–Crippen MR) is 86.4 cm³/mol. The highest BCUT2D eigenvalue weighted by atomic mass is 16.5. The van der Waals surface area contributed by atoms with Gasteiger partial charge in [-0.1, -0.05) is 58.0 Å². The number of carbonyl (C=O) groups excluding carboxylic acids is 2. The summed E-state index contributed by atoms with van der Waals surface area (Å²) in [4.78, 5) is 24.5. The van der Waals surface area contributed by atoms with E-state index in [1.807, 2.05) is 37.3 Å². The van der Waals surface area contributed by atoms with Crippen LogP contribution in [0.1, 0.15) is 46.1 Å². The SMILES string of the molecule is C[C@H]1CC[C@@](C)(C(=O)COC(=O)Cc2ccccc2)C1(C)C. The summed E-state index contributed by atoms with van der Waals surface area (Å²) in [7, 11) is 0. The van der Waals surface area contributed by atoms with Crippen molar-refractivity contribution >= 4 is 11.8 Å². The molecule has 1 aliphatic carbocycles. The largest absolute Gasteiger partial charge is 0.457 e. The van der Waals surface area contributed by atoms with Gasteiger partial charge in [-0.05, 0) is 29.7 Å². The van der Waals surface area contributed by atoms with Crippen molar-refractivity contribution in [3.05, 3.63) is 35.9 Å². The number of ether oxygens (including phenoxy) is 1. The molecule has 3 heteroatoms. The molecule has 1 saturated carbocycles. The molecule has 0 aliphatic heterocycles. The van der Waals surface area contributed by atoms with Crippen LogP contribution in [0.25, 0.3) is 0 Å². The van der Waals surface area contributed by atoms with Crippen molar-refractivity contribution in [2.45, 2.75) is 47.0 Å². The molecule has 0 saturated heterocycles. The van der Waals surface area contributed by atoms with Gasteiger partial charge in [0.15, 0.2) is 12.4 Å². The molecule has 1 aromatic rings. The molecule has 2 atom stereocenters. The highest BCUT2D eigenvalue weighted by Crippen LogP contribution is 2.56. The molecule has 1 fully saturated rings. The average molecular weight is 302 g/mol. The van der Waals surface area contributed by atoms with E-state index >= 15 is 0 Å². The third kappa shape index (κ3) is 3.08. The Morgan fingerprint density at radius 3 is 2.36 bits per heavy atom. The first kappa shape index (κ1) is 16.7. The molecule has 2 rings (SSSR count). The maximum Gasteiger partial charge on any atom is 0.310 e. The first-order chi connectivity index (χ1) is 10.3. The predicted octanol–water partition coefficient (Wildman–Crippen LogP) is 3.80. The number of carbonyl (C=O) groups is 2. The fourth-order valence-electron chi connectivity index (χ4n) is 3.35. The van der Waals surface area contributed by atoms with Gasteiger partial charge in [-0.2, -0.15) is 0 Å². The minimum atomic E-state index is -0.403. The van der Waals surface area contributed by atoms with Crippen LogP contribution in [-0.2, 0) is 20.7 Å². The molecule has 0 N–H and O–H groups in total. The monoisotopic (exact) mass is 302 g/mol. The summed E-state index contributed by atoms with van der Waals surface area (Å²) in [5.74, 6) is 0.205. The van der Waals surface area contributed by atoms with Gasteiger partial charge in [0.05, 0.1) is 6.42 Å². The van der Waals surface area contributed by atoms with Crippen LogP contribution >= 0.6 is 0 Å². The highest BCUT2D eigenvalue weighted by molar-refractivity contribution is 5.88. The highest BCUT2D eigenvalue weighted by Gasteiger charge is 2.53. The topological polar surface area (TPSA) is 43.4 Å². The summed E-state index contributed by atoms with van der Waals surface area (Å²) in [6.45, 7) is 8.39. The third-order valence-electron chi connectivity index (χ3n) is 5.90. The molecule has 0 spiro atoms. The fraction of sp³-hybridized carbons (Fsp3) is 0.579. The van der Waals surface area contributed by atoms with E-state index in [0.29, 0.717) is 5.92 Å². The Bertz CT molecular complexity index is 547. The maximum absolute atomic E-state index is 12.6. The van der Waals surface area contributed by atoms with Gasteiger partial charge in [-0.15, -0.1) is 0 Å². The van der Waals surface area contributed by atoms with Crippen LogP contribution in [0.5, 0.6) is 0 Å². The average Bonchev–Trinajstić information content (AvgIpc) is 2.70. The second kappa shape index (κ2) is 6.23. The lowest BCUT2D eigenvalue weighted by Gasteiger charge is -2.39. The number of esters is 1. The zero-order valence-corrected chi connectivity index (χ0v) is 14.0. The summed E-state index contributed by atoms with van der Waals surface area (Å²) in [5, 5.41) is 0. The summed E-state index contributed by atoms with van der Waals surface area (Å²) >= 11 is 0. The molecule has 120 valence electrons. The van der Waals surface area contributed by atoms with Gasteiger partial charge in [0.25, 0.3) is 0 Å². The van der Waals surface area contributed by atoms with Gasteiger partial charge in [-0.25, -0.2) is 0 Å². The molecule has 0 bridgehead atoms. The first-order valence-electron chi connectivity index (χ1n) is 8.00. The van der Waals surface area contributed by atoms with Crippen molar-refractivity contribution < 1.29 is 14.3 Å². The van der Waals surface area contributed by atoms with Crippen molar-refractivity contribution in [1.82, 2.24) is 0 Å². The normalized spacial score (nSPS) is 26.6. The van der Waals surface area contributed by atoms with E-state index in [1.54, 1.807) is 0 Å². The standard InChI is InChI=1S/C19H26O3/c1-14-10-11-19(4,18(14,2)3)16(20)13-22-17(21)12-15-8-6-5-7-9-15/h5-9,14H,10-13H2,1-4H3/t14-,19-/m0/s1. The van der Waals surface area contributed by atoms with Crippen LogP contribution in [0.3, 0.4) is 0 Å². The Labute approximate surface area is 133 Å². The minimum absolute atomic E-state index is 0.0447. The Kier molecular flexibility index (Phi) is 4.74. The van der Waals surface area contributed by atoms with E-state index in [-0.39, 0.29) is 30.2 Å². The zero-order valence-electron chi connectivity index (χ0n) is 14.0. The molecule has 0 amide bonds. The van der Waals surface area contributed by atoms with Crippen LogP contribution < -0.4 is 0 Å². The second-order valence-electron chi connectivity index (χ2n) is 7.24. The van der Waals surface area contributed by atoms with E-state index < -0.39 is 5.41 Å². The molecule has 22 heavy (non-hydrogen) atoms. The van der Waals surface area contributed by atoms with Crippen molar-refractivity contribution in [1.29, 1.82) is 0 Å². The third-order valence-corrected chi connectivity index (χ3v) is 5.90. The van der Waals surface area contributed by atoms with Gasteiger partial charge < -0.3 is 4.74 Å². The number of Topliss-reactive ketones (excluding diaryl/α,β-unsaturated/α-hetero) is 1. The Morgan fingerprint density at radius 1 is 1.18 bits per heavy atom. The van der Waals surface area contributed by atoms with Gasteiger partial charge in [-0.3, -0.25) is 9.59 Å². The molecule has 0 heterocycles. The molecule has 1 aliphatic rings. The molecular formula is C19H26O3. The van der Waals surface area contributed by atoms with Gasteiger partial charge >= 0.3 is 5.97 Å². The lowest BCUT2D eigenvalue weighted by Crippen LogP contribution is -2.42. The summed E-state index contributed by atoms with van der Waals surface area (Å²) in [5.41, 5.74) is 0.441. The fourth-order valence-corrected chi connectivity index (χ4v) is 3.35. The van der Waals surface area contributed by atoms with E-state index in [2.05, 4.69) is 20.8 Å². The van der Waals surface area contributed by atoms with Crippen LogP contribution in [-0.4, -0.2) is 18.4 Å². The summed E-state index contributed by atoms with van der Waals surface area (Å²) in [6, 6.07) is 9.44. The molecule has 0 radical (unpaired) electrons. The molecule has 3 nitrogen and oxygen atoms in total. The number of hydrogen-bond acceptors (Lipinski definition) is 3. The van der Waals surface area contributed by atoms with E-state index in [4.69, 9.17) is 4.74 Å². The summed E-state index contributed by atoms with van der Waals surface area (Å²) in [6.07, 6.45) is 2.13. The van der Waals surface area contributed by atoms with Crippen molar-refractivity contribution in [3.8, 4) is 0 Å². The van der Waals surface area contributed by atoms with E-state index in [0.717, 1.165) is 18.4 Å². The minimum Gasteiger partial charge on any atom is -0.457 e. The summed E-state index contributed by atoms with van der Waals surface area (Å²) < 4.78 is 5.23. The number of rotatable bonds is 5. The number of hydrogen-bond donors (Lipinski definition) is 0. The van der Waals surface area contributed by atoms with Crippen molar-refractivity contribution in [2.75, 3.05) is 6.61 Å². The van der Waals surface area contributed by atoms with Gasteiger partial charge in [0, 0.05) is 5.41 Å². The van der Waals surface area contributed by atoms with Crippen molar-refractivity contribution in [2.24, 2.45) is 16.7 Å². The van der Waals surface area contributed by atoms with Crippen molar-refractivity contribution in [3.63, 3.8) is 0 Å². The second-order valence-corrected chi connectivity index (χ2v) is 7.24. The number of ketones is 1. The smallest absolute Gasteiger partial charge is 0.310 e. The molecule has 0 aromatic heterocycles. The maximum atomic E-state index is 12.6. The Hall–Kier alpha value is -1.64. The van der Waals surface area contributed by atoms with Gasteiger partial charge in [0.2, 0.25) is 0 Å². The molecular weight excluding hydrogens is 276 g/mol. The van der Waals surface area contributed by atoms with E-state index in [1.165, 1.54) is 0 Å². The Morgan fingerprint density at radius 2 is 1.82 bits per heavy atom. The first-order valence-corrected chi connectivity index (χ1v) is 8.00. The zero-order chi connectivity index (χ0) is 16.4.